The Labute approximate surface area is 186 Å². The van der Waals surface area contributed by atoms with Crippen LogP contribution in [0.25, 0.3) is 22.1 Å². The van der Waals surface area contributed by atoms with Gasteiger partial charge in [-0.1, -0.05) is 59.3 Å². The standard InChI is InChI=1S/C24H17ClN2O3S/c1-29-20-11-5-7-16(22(20)30-14-15-6-4-8-17(25)12-15)13-21-23(28)27-19-10-3-2-9-18(19)26-24(27)31-21/h2-13H,14H2,1H3/b21-13+. The van der Waals surface area contributed by atoms with Gasteiger partial charge in [-0.15, -0.1) is 0 Å². The van der Waals surface area contributed by atoms with Crippen LogP contribution >= 0.6 is 22.9 Å². The topological polar surface area (TPSA) is 52.8 Å². The van der Waals surface area contributed by atoms with Gasteiger partial charge < -0.3 is 9.47 Å². The van der Waals surface area contributed by atoms with E-state index >= 15 is 0 Å². The second-order valence-electron chi connectivity index (χ2n) is 6.93. The molecule has 0 aliphatic heterocycles. The quantitative estimate of drug-likeness (QED) is 0.391. The Bertz CT molecular complexity index is 1520. The Morgan fingerprint density at radius 1 is 1.10 bits per heavy atom. The summed E-state index contributed by atoms with van der Waals surface area (Å²) in [5, 5.41) is 0.651. The van der Waals surface area contributed by atoms with E-state index in [9.17, 15) is 4.79 Å². The summed E-state index contributed by atoms with van der Waals surface area (Å²) < 4.78 is 13.8. The zero-order chi connectivity index (χ0) is 21.4. The number of fused-ring (bicyclic) bond motifs is 3. The molecule has 7 heteroatoms. The number of para-hydroxylation sites is 3. The lowest BCUT2D eigenvalue weighted by Crippen LogP contribution is -2.22. The predicted octanol–water partition coefficient (Wildman–Crippen LogP) is 4.70. The van der Waals surface area contributed by atoms with Gasteiger partial charge in [0, 0.05) is 10.6 Å². The van der Waals surface area contributed by atoms with Crippen molar-refractivity contribution >= 4 is 45.0 Å². The number of hydrogen-bond donors (Lipinski definition) is 0. The van der Waals surface area contributed by atoms with Crippen molar-refractivity contribution in [1.82, 2.24) is 9.38 Å². The van der Waals surface area contributed by atoms with Crippen LogP contribution in [0.5, 0.6) is 11.5 Å². The molecule has 154 valence electrons. The lowest BCUT2D eigenvalue weighted by molar-refractivity contribution is 0.284. The summed E-state index contributed by atoms with van der Waals surface area (Å²) >= 11 is 7.44. The first-order valence-corrected chi connectivity index (χ1v) is 10.8. The molecule has 5 aromatic rings. The molecule has 2 aromatic heterocycles. The van der Waals surface area contributed by atoms with Crippen LogP contribution < -0.4 is 19.6 Å². The average molecular weight is 449 g/mol. The molecule has 0 radical (unpaired) electrons. The molecule has 31 heavy (non-hydrogen) atoms. The molecule has 0 atom stereocenters. The lowest BCUT2D eigenvalue weighted by Gasteiger charge is -2.13. The van der Waals surface area contributed by atoms with E-state index in [0.29, 0.717) is 32.6 Å². The molecule has 0 amide bonds. The van der Waals surface area contributed by atoms with Crippen molar-refractivity contribution in [1.29, 1.82) is 0 Å². The van der Waals surface area contributed by atoms with Crippen LogP contribution in [-0.2, 0) is 6.61 Å². The van der Waals surface area contributed by atoms with Crippen LogP contribution in [0.2, 0.25) is 5.02 Å². The Morgan fingerprint density at radius 3 is 2.77 bits per heavy atom. The van der Waals surface area contributed by atoms with Gasteiger partial charge in [-0.2, -0.15) is 0 Å². The Kier molecular flexibility index (Phi) is 5.10. The van der Waals surface area contributed by atoms with E-state index in [4.69, 9.17) is 21.1 Å². The maximum atomic E-state index is 13.1. The monoisotopic (exact) mass is 448 g/mol. The number of benzene rings is 3. The summed E-state index contributed by atoms with van der Waals surface area (Å²) in [6, 6.07) is 20.7. The average Bonchev–Trinajstić information content (AvgIpc) is 3.29. The van der Waals surface area contributed by atoms with Crippen LogP contribution in [0.3, 0.4) is 0 Å². The van der Waals surface area contributed by atoms with Gasteiger partial charge in [0.1, 0.15) is 6.61 Å². The van der Waals surface area contributed by atoms with E-state index in [0.717, 1.165) is 22.2 Å². The van der Waals surface area contributed by atoms with Crippen molar-refractivity contribution in [3.05, 3.63) is 97.8 Å². The zero-order valence-electron chi connectivity index (χ0n) is 16.5. The summed E-state index contributed by atoms with van der Waals surface area (Å²) in [4.78, 5) is 18.3. The summed E-state index contributed by atoms with van der Waals surface area (Å²) in [7, 11) is 1.59. The molecule has 0 fully saturated rings. The minimum atomic E-state index is -0.0997. The number of rotatable bonds is 5. The first-order valence-electron chi connectivity index (χ1n) is 9.60. The second-order valence-corrected chi connectivity index (χ2v) is 8.38. The summed E-state index contributed by atoms with van der Waals surface area (Å²) in [5.41, 5.74) is 3.21. The minimum absolute atomic E-state index is 0.0997. The molecule has 0 N–H and O–H groups in total. The molecule has 0 saturated heterocycles. The molecule has 0 aliphatic carbocycles. The Hall–Kier alpha value is -3.35. The van der Waals surface area contributed by atoms with Gasteiger partial charge >= 0.3 is 0 Å². The molecule has 2 heterocycles. The molecule has 3 aromatic carbocycles. The van der Waals surface area contributed by atoms with Crippen molar-refractivity contribution in [3.63, 3.8) is 0 Å². The highest BCUT2D eigenvalue weighted by Gasteiger charge is 2.13. The maximum Gasteiger partial charge on any atom is 0.274 e. The smallest absolute Gasteiger partial charge is 0.274 e. The summed E-state index contributed by atoms with van der Waals surface area (Å²) in [6.07, 6.45) is 1.83. The molecule has 0 unspecified atom stereocenters. The number of imidazole rings is 1. The molecule has 5 nitrogen and oxygen atoms in total. The highest BCUT2D eigenvalue weighted by atomic mass is 35.5. The van der Waals surface area contributed by atoms with Crippen molar-refractivity contribution in [2.24, 2.45) is 0 Å². The summed E-state index contributed by atoms with van der Waals surface area (Å²) in [6.45, 7) is 0.324. The van der Waals surface area contributed by atoms with Crippen LogP contribution in [-0.4, -0.2) is 16.5 Å². The third-order valence-corrected chi connectivity index (χ3v) is 6.14. The Morgan fingerprint density at radius 2 is 1.94 bits per heavy atom. The maximum absolute atomic E-state index is 13.1. The first-order chi connectivity index (χ1) is 15.1. The van der Waals surface area contributed by atoms with Gasteiger partial charge in [-0.25, -0.2) is 9.38 Å². The zero-order valence-corrected chi connectivity index (χ0v) is 18.1. The number of methoxy groups -OCH3 is 1. The van der Waals surface area contributed by atoms with Crippen LogP contribution in [0.15, 0.2) is 71.5 Å². The lowest BCUT2D eigenvalue weighted by atomic mass is 10.1. The van der Waals surface area contributed by atoms with E-state index in [-0.39, 0.29) is 5.56 Å². The Balaban J connectivity index is 1.59. The molecular weight excluding hydrogens is 432 g/mol. The highest BCUT2D eigenvalue weighted by molar-refractivity contribution is 7.15. The largest absolute Gasteiger partial charge is 0.493 e. The highest BCUT2D eigenvalue weighted by Crippen LogP contribution is 2.32. The third kappa shape index (κ3) is 3.65. The molecule has 0 spiro atoms. The third-order valence-electron chi connectivity index (χ3n) is 4.93. The van der Waals surface area contributed by atoms with Gasteiger partial charge in [0.05, 0.1) is 22.7 Å². The van der Waals surface area contributed by atoms with Crippen LogP contribution in [0, 0.1) is 0 Å². The van der Waals surface area contributed by atoms with E-state index in [1.807, 2.05) is 72.8 Å². The van der Waals surface area contributed by atoms with Crippen molar-refractivity contribution in [3.8, 4) is 11.5 Å². The van der Waals surface area contributed by atoms with Gasteiger partial charge in [-0.3, -0.25) is 4.79 Å². The van der Waals surface area contributed by atoms with Crippen molar-refractivity contribution in [2.45, 2.75) is 6.61 Å². The fourth-order valence-corrected chi connectivity index (χ4v) is 4.69. The first kappa shape index (κ1) is 19.6. The normalized spacial score (nSPS) is 12.0. The number of nitrogens with zero attached hydrogens (tertiary/aromatic N) is 2. The van der Waals surface area contributed by atoms with Gasteiger partial charge in [0.2, 0.25) is 0 Å². The number of hydrogen-bond acceptors (Lipinski definition) is 5. The fourth-order valence-electron chi connectivity index (χ4n) is 3.50. The molecule has 0 aliphatic rings. The number of aromatic nitrogens is 2. The second kappa shape index (κ2) is 8.06. The minimum Gasteiger partial charge on any atom is -0.493 e. The number of ether oxygens (including phenoxy) is 2. The van der Waals surface area contributed by atoms with E-state index in [2.05, 4.69) is 4.98 Å². The summed E-state index contributed by atoms with van der Waals surface area (Å²) in [5.74, 6) is 1.16. The molecule has 0 bridgehead atoms. The number of halogens is 1. The van der Waals surface area contributed by atoms with Crippen LogP contribution in [0.4, 0.5) is 0 Å². The number of thiazole rings is 1. The van der Waals surface area contributed by atoms with E-state index < -0.39 is 0 Å². The van der Waals surface area contributed by atoms with Gasteiger partial charge in [-0.05, 0) is 42.0 Å². The van der Waals surface area contributed by atoms with E-state index in [1.165, 1.54) is 11.3 Å². The molecule has 0 saturated carbocycles. The molecular formula is C24H17ClN2O3S. The van der Waals surface area contributed by atoms with E-state index in [1.54, 1.807) is 11.5 Å². The van der Waals surface area contributed by atoms with Crippen molar-refractivity contribution < 1.29 is 9.47 Å². The predicted molar refractivity (Wildman–Crippen MR) is 124 cm³/mol. The molecule has 5 rings (SSSR count). The van der Waals surface area contributed by atoms with Crippen molar-refractivity contribution in [2.75, 3.05) is 7.11 Å². The van der Waals surface area contributed by atoms with Gasteiger partial charge in [0.15, 0.2) is 16.5 Å². The van der Waals surface area contributed by atoms with Crippen LogP contribution in [0.1, 0.15) is 11.1 Å². The fraction of sp³-hybridized carbons (Fsp3) is 0.0833. The van der Waals surface area contributed by atoms with Gasteiger partial charge in [0.25, 0.3) is 5.56 Å². The SMILES string of the molecule is COc1cccc(/C=c2/sc3nc4ccccc4n3c2=O)c1OCc1cccc(Cl)c1.